The minimum atomic E-state index is -3.67. The average Bonchev–Trinajstić information content (AvgIpc) is 1.68. The van der Waals surface area contributed by atoms with Crippen LogP contribution in [0.1, 0.15) is 0 Å². The molecule has 0 aromatic rings. The van der Waals surface area contributed by atoms with E-state index in [1.807, 2.05) is 0 Å². The van der Waals surface area contributed by atoms with Crippen molar-refractivity contribution in [3.05, 3.63) is 0 Å². The van der Waals surface area contributed by atoms with Crippen LogP contribution >= 0.6 is 23.2 Å². The fourth-order valence-electron chi connectivity index (χ4n) is 0. The lowest BCUT2D eigenvalue weighted by Gasteiger charge is -1.69. The van der Waals surface area contributed by atoms with Gasteiger partial charge in [0.15, 0.2) is 0 Å². The summed E-state index contributed by atoms with van der Waals surface area (Å²) >= 11 is 9.53. The van der Waals surface area contributed by atoms with E-state index in [1.165, 1.54) is 0 Å². The standard InChI is InChI=1S/CH2Cl2.CH4O3S.CH4O/c2-1-3;1-5(2,3)4;1-2/h1H2;1H3,(H,2,3,4);2H,1H3. The lowest BCUT2D eigenvalue weighted by molar-refractivity contribution is 0.399. The number of hydrogen-bond acceptors (Lipinski definition) is 3. The van der Waals surface area contributed by atoms with Crippen LogP contribution in [-0.2, 0) is 10.1 Å². The van der Waals surface area contributed by atoms with Crippen LogP contribution in [0.4, 0.5) is 0 Å². The summed E-state index contributed by atoms with van der Waals surface area (Å²) in [6.45, 7) is 0. The number of aliphatic hydroxyl groups excluding tert-OH is 1. The largest absolute Gasteiger partial charge is 0.400 e. The summed E-state index contributed by atoms with van der Waals surface area (Å²) in [5, 5.41) is 7.19. The van der Waals surface area contributed by atoms with Crippen molar-refractivity contribution in [3.8, 4) is 0 Å². The summed E-state index contributed by atoms with van der Waals surface area (Å²) in [6.07, 6.45) is 0.715. The molecule has 0 aliphatic rings. The number of aliphatic hydroxyl groups is 1. The lowest BCUT2D eigenvalue weighted by atomic mass is 11.8. The first kappa shape index (κ1) is 16.8. The van der Waals surface area contributed by atoms with Crippen LogP contribution in [0, 0.1) is 0 Å². The second-order valence-electron chi connectivity index (χ2n) is 0.834. The molecule has 7 heteroatoms. The highest BCUT2D eigenvalue weighted by atomic mass is 35.5. The Morgan fingerprint density at radius 1 is 1.30 bits per heavy atom. The van der Waals surface area contributed by atoms with Crippen molar-refractivity contribution >= 4 is 33.3 Å². The molecular formula is C3H10Cl2O4S. The Bertz CT molecular complexity index is 112. The number of rotatable bonds is 0. The van der Waals surface area contributed by atoms with Crippen molar-refractivity contribution in [2.45, 2.75) is 0 Å². The molecular weight excluding hydrogens is 203 g/mol. The highest BCUT2D eigenvalue weighted by Gasteiger charge is 1.81. The molecule has 4 nitrogen and oxygen atoms in total. The van der Waals surface area contributed by atoms with E-state index in [0.717, 1.165) is 7.11 Å². The monoisotopic (exact) mass is 212 g/mol. The van der Waals surface area contributed by atoms with Gasteiger partial charge in [-0.15, -0.1) is 23.2 Å². The number of halogens is 2. The summed E-state index contributed by atoms with van der Waals surface area (Å²) < 4.78 is 25.9. The average molecular weight is 213 g/mol. The van der Waals surface area contributed by atoms with Crippen molar-refractivity contribution in [3.63, 3.8) is 0 Å². The maximum Gasteiger partial charge on any atom is 0.261 e. The van der Waals surface area contributed by atoms with Gasteiger partial charge in [0.1, 0.15) is 0 Å². The molecule has 0 unspecified atom stereocenters. The molecule has 0 aliphatic carbocycles. The third-order valence-electron chi connectivity index (χ3n) is 0. The maximum atomic E-state index is 9.19. The van der Waals surface area contributed by atoms with Crippen LogP contribution < -0.4 is 0 Å². The molecule has 0 saturated carbocycles. The maximum absolute atomic E-state index is 9.19. The van der Waals surface area contributed by atoms with Crippen molar-refractivity contribution in [1.82, 2.24) is 0 Å². The van der Waals surface area contributed by atoms with E-state index in [1.54, 1.807) is 0 Å². The van der Waals surface area contributed by atoms with Gasteiger partial charge in [0.05, 0.1) is 11.6 Å². The van der Waals surface area contributed by atoms with Gasteiger partial charge in [-0.1, -0.05) is 0 Å². The molecule has 0 aliphatic heterocycles. The quantitative estimate of drug-likeness (QED) is 0.454. The van der Waals surface area contributed by atoms with E-state index in [-0.39, 0.29) is 5.34 Å². The molecule has 0 amide bonds. The van der Waals surface area contributed by atoms with E-state index in [2.05, 4.69) is 0 Å². The second kappa shape index (κ2) is 12.2. The van der Waals surface area contributed by atoms with Gasteiger partial charge in [0.25, 0.3) is 10.1 Å². The second-order valence-corrected chi connectivity index (χ2v) is 3.11. The first-order chi connectivity index (χ1) is 4.41. The molecule has 0 heterocycles. The molecule has 66 valence electrons. The molecule has 10 heavy (non-hydrogen) atoms. The van der Waals surface area contributed by atoms with E-state index >= 15 is 0 Å². The Balaban J connectivity index is -0.0000000847. The van der Waals surface area contributed by atoms with Crippen LogP contribution in [0.3, 0.4) is 0 Å². The molecule has 0 saturated heterocycles. The zero-order chi connectivity index (χ0) is 9.21. The predicted octanol–water partition coefficient (Wildman–Crippen LogP) is 0.534. The van der Waals surface area contributed by atoms with Gasteiger partial charge in [0.2, 0.25) is 0 Å². The molecule has 0 fully saturated rings. The summed E-state index contributed by atoms with van der Waals surface area (Å²) in [5.41, 5.74) is 0. The Hall–Kier alpha value is 0.450. The van der Waals surface area contributed by atoms with E-state index in [9.17, 15) is 8.42 Å². The minimum Gasteiger partial charge on any atom is -0.400 e. The smallest absolute Gasteiger partial charge is 0.261 e. The third-order valence-corrected chi connectivity index (χ3v) is 0. The Morgan fingerprint density at radius 2 is 1.30 bits per heavy atom. The zero-order valence-corrected chi connectivity index (χ0v) is 7.91. The fourth-order valence-corrected chi connectivity index (χ4v) is 0. The fraction of sp³-hybridized carbons (Fsp3) is 1.00. The van der Waals surface area contributed by atoms with Crippen molar-refractivity contribution in [2.75, 3.05) is 18.7 Å². The highest BCUT2D eigenvalue weighted by Crippen LogP contribution is 1.73. The van der Waals surface area contributed by atoms with Crippen LogP contribution in [0.5, 0.6) is 0 Å². The van der Waals surface area contributed by atoms with Crippen LogP contribution in [-0.4, -0.2) is 36.8 Å². The lowest BCUT2D eigenvalue weighted by Crippen LogP contribution is -1.88. The Kier molecular flexibility index (Phi) is 20.4. The molecule has 0 atom stereocenters. The third kappa shape index (κ3) is 2320. The van der Waals surface area contributed by atoms with Gasteiger partial charge in [-0.3, -0.25) is 4.55 Å². The summed E-state index contributed by atoms with van der Waals surface area (Å²) in [7, 11) is -2.67. The SMILES string of the molecule is CO.CS(=O)(=O)O.ClCCl. The van der Waals surface area contributed by atoms with Gasteiger partial charge in [-0.05, 0) is 0 Å². The molecule has 2 N–H and O–H groups in total. The number of alkyl halides is 2. The molecule has 0 rings (SSSR count). The zero-order valence-electron chi connectivity index (χ0n) is 5.58. The highest BCUT2D eigenvalue weighted by molar-refractivity contribution is 7.85. The van der Waals surface area contributed by atoms with Gasteiger partial charge in [-0.2, -0.15) is 8.42 Å². The Labute approximate surface area is 70.5 Å². The van der Waals surface area contributed by atoms with Crippen LogP contribution in [0.15, 0.2) is 0 Å². The summed E-state index contributed by atoms with van der Waals surface area (Å²) in [4.78, 5) is 0. The first-order valence-corrected chi connectivity index (χ1v) is 4.82. The van der Waals surface area contributed by atoms with E-state index in [4.69, 9.17) is 32.9 Å². The molecule has 0 bridgehead atoms. The van der Waals surface area contributed by atoms with E-state index in [0.29, 0.717) is 6.26 Å². The van der Waals surface area contributed by atoms with Gasteiger partial charge in [-0.25, -0.2) is 0 Å². The normalized spacial score (nSPS) is 8.20. The van der Waals surface area contributed by atoms with Crippen molar-refractivity contribution < 1.29 is 18.1 Å². The van der Waals surface area contributed by atoms with Gasteiger partial charge in [0, 0.05) is 7.11 Å². The van der Waals surface area contributed by atoms with Gasteiger partial charge >= 0.3 is 0 Å². The number of hydrogen-bond donors (Lipinski definition) is 2. The summed E-state index contributed by atoms with van der Waals surface area (Å²) in [5.74, 6) is 0. The first-order valence-electron chi connectivity index (χ1n) is 1.91. The van der Waals surface area contributed by atoms with Crippen LogP contribution in [0.2, 0.25) is 0 Å². The molecule has 0 aromatic heterocycles. The van der Waals surface area contributed by atoms with Crippen molar-refractivity contribution in [1.29, 1.82) is 0 Å². The molecule has 0 spiro atoms. The topological polar surface area (TPSA) is 74.6 Å². The minimum absolute atomic E-state index is 0.194. The van der Waals surface area contributed by atoms with E-state index < -0.39 is 10.1 Å². The van der Waals surface area contributed by atoms with Crippen LogP contribution in [0.25, 0.3) is 0 Å². The molecule has 0 aromatic carbocycles. The summed E-state index contributed by atoms with van der Waals surface area (Å²) in [6, 6.07) is 0. The predicted molar refractivity (Wildman–Crippen MR) is 42.2 cm³/mol. The Morgan fingerprint density at radius 3 is 1.30 bits per heavy atom. The van der Waals surface area contributed by atoms with Crippen molar-refractivity contribution in [2.24, 2.45) is 0 Å². The van der Waals surface area contributed by atoms with Gasteiger partial charge < -0.3 is 5.11 Å². The molecule has 0 radical (unpaired) electrons.